The smallest absolute Gasteiger partial charge is 0.194 e. The molecule has 0 rings (SSSR count). The molecule has 68 valence electrons. The molecule has 11 heavy (non-hydrogen) atoms. The molecule has 0 saturated heterocycles. The molecule has 0 saturated carbocycles. The predicted molar refractivity (Wildman–Crippen MR) is 37.3 cm³/mol. The van der Waals surface area contributed by atoms with Crippen molar-refractivity contribution in [2.75, 3.05) is 11.5 Å². The zero-order valence-corrected chi connectivity index (χ0v) is 6.87. The summed E-state index contributed by atoms with van der Waals surface area (Å²) in [6, 6.07) is 0. The molecule has 0 aliphatic carbocycles. The van der Waals surface area contributed by atoms with Crippen LogP contribution in [0.25, 0.3) is 0 Å². The minimum absolute atomic E-state index is 0.116. The summed E-state index contributed by atoms with van der Waals surface area (Å²) >= 11 is 2.88. The van der Waals surface area contributed by atoms with Crippen LogP contribution in [0.2, 0.25) is 0 Å². The van der Waals surface area contributed by atoms with Crippen molar-refractivity contribution in [3.8, 4) is 0 Å². The lowest BCUT2D eigenvalue weighted by Gasteiger charge is -2.09. The Balaban J connectivity index is 3.44. The third-order valence-electron chi connectivity index (χ3n) is 0.541. The normalized spacial score (nSPS) is 13.6. The number of hydrogen-bond donors (Lipinski definition) is 1. The van der Waals surface area contributed by atoms with Gasteiger partial charge in [0, 0.05) is 0 Å². The quantitative estimate of drug-likeness (QED) is 0.554. The summed E-state index contributed by atoms with van der Waals surface area (Å²) in [5.41, 5.74) is 0. The summed E-state index contributed by atoms with van der Waals surface area (Å²) in [4.78, 5) is 0. The molecule has 0 aromatic rings. The van der Waals surface area contributed by atoms with E-state index in [1.807, 2.05) is 0 Å². The van der Waals surface area contributed by atoms with Gasteiger partial charge in [-0.25, -0.2) is 0 Å². The molecule has 0 aliphatic heterocycles. The molecular weight excluding hydrogens is 207 g/mol. The Morgan fingerprint density at radius 2 is 1.45 bits per heavy atom. The molecule has 0 amide bonds. The van der Waals surface area contributed by atoms with E-state index in [0.717, 1.165) is 0 Å². The first-order valence-corrected chi connectivity index (χ1v) is 4.05. The van der Waals surface area contributed by atoms with Crippen molar-refractivity contribution in [2.24, 2.45) is 0 Å². The van der Waals surface area contributed by atoms with Gasteiger partial charge in [0.2, 0.25) is 0 Å². The highest BCUT2D eigenvalue weighted by molar-refractivity contribution is 8.00. The molecule has 0 atom stereocenters. The molecule has 0 radical (unpaired) electrons. The van der Waals surface area contributed by atoms with Gasteiger partial charge in [-0.3, -0.25) is 0 Å². The first-order valence-electron chi connectivity index (χ1n) is 2.45. The van der Waals surface area contributed by atoms with E-state index < -0.39 is 22.9 Å². The molecule has 0 unspecified atom stereocenters. The van der Waals surface area contributed by atoms with E-state index in [1.54, 1.807) is 0 Å². The summed E-state index contributed by atoms with van der Waals surface area (Å²) in [7, 11) is 0. The second kappa shape index (κ2) is 3.84. The highest BCUT2D eigenvalue weighted by Gasteiger charge is 2.30. The zero-order valence-electron chi connectivity index (χ0n) is 5.16. The fourth-order valence-electron chi connectivity index (χ4n) is 0.290. The second-order valence-corrected chi connectivity index (χ2v) is 3.41. The molecule has 0 aromatic heterocycles. The molecule has 0 aliphatic rings. The fraction of sp³-hybridized carbons (Fsp3) is 1.00. The predicted octanol–water partition coefficient (Wildman–Crippen LogP) is 2.80. The van der Waals surface area contributed by atoms with Gasteiger partial charge in [-0.2, -0.15) is 22.0 Å². The Kier molecular flexibility index (Phi) is 3.96. The summed E-state index contributed by atoms with van der Waals surface area (Å²) < 4.78 is 57.6. The van der Waals surface area contributed by atoms with Crippen molar-refractivity contribution in [1.82, 2.24) is 0 Å². The van der Waals surface area contributed by atoms with E-state index in [-0.39, 0.29) is 11.8 Å². The first kappa shape index (κ1) is 11.4. The lowest BCUT2D eigenvalue weighted by Crippen LogP contribution is -2.16. The highest BCUT2D eigenvalue weighted by Crippen LogP contribution is 2.28. The molecular formula is C4H5F5S2. The lowest BCUT2D eigenvalue weighted by atomic mass is 10.8. The number of alkyl halides is 5. The van der Waals surface area contributed by atoms with E-state index in [4.69, 9.17) is 0 Å². The summed E-state index contributed by atoms with van der Waals surface area (Å²) in [6.45, 7) is 0. The van der Waals surface area contributed by atoms with Crippen LogP contribution >= 0.6 is 24.4 Å². The molecule has 0 fully saturated rings. The maximum Gasteiger partial charge on any atom is 0.397 e. The number of thiol groups is 1. The number of rotatable bonds is 3. The van der Waals surface area contributed by atoms with Gasteiger partial charge in [-0.05, 0) is 0 Å². The monoisotopic (exact) mass is 212 g/mol. The minimum Gasteiger partial charge on any atom is -0.194 e. The van der Waals surface area contributed by atoms with Gasteiger partial charge in [0.15, 0.2) is 0 Å². The van der Waals surface area contributed by atoms with Crippen molar-refractivity contribution in [3.63, 3.8) is 0 Å². The topological polar surface area (TPSA) is 0 Å². The zero-order chi connectivity index (χ0) is 9.12. The maximum atomic E-state index is 11.8. The van der Waals surface area contributed by atoms with Gasteiger partial charge in [-0.1, -0.05) is 0 Å². The molecule has 0 spiro atoms. The van der Waals surface area contributed by atoms with E-state index in [2.05, 4.69) is 12.6 Å². The van der Waals surface area contributed by atoms with Gasteiger partial charge in [0.1, 0.15) is 0 Å². The molecule has 0 aromatic carbocycles. The molecule has 7 heteroatoms. The van der Waals surface area contributed by atoms with Crippen LogP contribution in [0.3, 0.4) is 0 Å². The molecule has 0 N–H and O–H groups in total. The van der Waals surface area contributed by atoms with E-state index >= 15 is 0 Å². The average Bonchev–Trinajstić information content (AvgIpc) is 1.55. The van der Waals surface area contributed by atoms with Crippen LogP contribution in [-0.2, 0) is 0 Å². The molecule has 0 bridgehead atoms. The van der Waals surface area contributed by atoms with E-state index in [9.17, 15) is 22.0 Å². The van der Waals surface area contributed by atoms with Crippen molar-refractivity contribution < 1.29 is 22.0 Å². The SMILES string of the molecule is FC(F)(F)CSCC(F)(F)S. The van der Waals surface area contributed by atoms with E-state index in [1.165, 1.54) is 0 Å². The fourth-order valence-corrected chi connectivity index (χ4v) is 1.14. The minimum atomic E-state index is -4.39. The van der Waals surface area contributed by atoms with Gasteiger partial charge in [0.25, 0.3) is 5.25 Å². The standard InChI is InChI=1S/C4H5F5S2/c5-3(6,7)1-11-2-4(8,9)10/h10H,1-2H2. The Labute approximate surface area is 69.9 Å². The maximum absolute atomic E-state index is 11.8. The average molecular weight is 212 g/mol. The Morgan fingerprint density at radius 1 is 1.00 bits per heavy atom. The molecule has 0 nitrogen and oxygen atoms in total. The van der Waals surface area contributed by atoms with Crippen molar-refractivity contribution in [3.05, 3.63) is 0 Å². The summed E-state index contributed by atoms with van der Waals surface area (Å²) in [5, 5.41) is -3.32. The summed E-state index contributed by atoms with van der Waals surface area (Å²) in [5.74, 6) is -2.18. The largest absolute Gasteiger partial charge is 0.397 e. The summed E-state index contributed by atoms with van der Waals surface area (Å²) in [6.07, 6.45) is -4.39. The van der Waals surface area contributed by atoms with Crippen LogP contribution in [0, 0.1) is 0 Å². The van der Waals surface area contributed by atoms with E-state index in [0.29, 0.717) is 0 Å². The third-order valence-corrected chi connectivity index (χ3v) is 2.01. The third kappa shape index (κ3) is 10.4. The van der Waals surface area contributed by atoms with Crippen LogP contribution in [0.4, 0.5) is 22.0 Å². The van der Waals surface area contributed by atoms with Crippen LogP contribution in [-0.4, -0.2) is 22.9 Å². The Hall–Kier alpha value is 0.350. The highest BCUT2D eigenvalue weighted by atomic mass is 32.2. The van der Waals surface area contributed by atoms with Crippen molar-refractivity contribution >= 4 is 24.4 Å². The number of halogens is 5. The van der Waals surface area contributed by atoms with Gasteiger partial charge >= 0.3 is 6.18 Å². The molecule has 0 heterocycles. The van der Waals surface area contributed by atoms with Crippen LogP contribution < -0.4 is 0 Å². The van der Waals surface area contributed by atoms with Gasteiger partial charge in [-0.15, -0.1) is 24.4 Å². The van der Waals surface area contributed by atoms with Crippen LogP contribution in [0.15, 0.2) is 0 Å². The number of hydrogen-bond acceptors (Lipinski definition) is 2. The number of thioether (sulfide) groups is 1. The Morgan fingerprint density at radius 3 is 1.73 bits per heavy atom. The second-order valence-electron chi connectivity index (χ2n) is 1.77. The first-order chi connectivity index (χ1) is 4.71. The van der Waals surface area contributed by atoms with Crippen molar-refractivity contribution in [2.45, 2.75) is 11.4 Å². The van der Waals surface area contributed by atoms with Crippen LogP contribution in [0.1, 0.15) is 0 Å². The Bertz CT molecular complexity index is 101. The lowest BCUT2D eigenvalue weighted by molar-refractivity contribution is -0.105. The van der Waals surface area contributed by atoms with Gasteiger partial charge < -0.3 is 0 Å². The van der Waals surface area contributed by atoms with Crippen LogP contribution in [0.5, 0.6) is 0 Å². The van der Waals surface area contributed by atoms with Gasteiger partial charge in [0.05, 0.1) is 11.5 Å². The van der Waals surface area contributed by atoms with Crippen molar-refractivity contribution in [1.29, 1.82) is 0 Å².